The third-order valence-electron chi connectivity index (χ3n) is 2.68. The summed E-state index contributed by atoms with van der Waals surface area (Å²) >= 11 is 0. The Bertz CT molecular complexity index is 612. The maximum atomic E-state index is 11.7. The van der Waals surface area contributed by atoms with E-state index >= 15 is 0 Å². The van der Waals surface area contributed by atoms with Crippen molar-refractivity contribution in [3.05, 3.63) is 60.2 Å². The van der Waals surface area contributed by atoms with Crippen LogP contribution in [0.25, 0.3) is 0 Å². The van der Waals surface area contributed by atoms with Gasteiger partial charge in [0.15, 0.2) is 6.61 Å². The molecule has 0 heterocycles. The van der Waals surface area contributed by atoms with Crippen molar-refractivity contribution in [3.8, 4) is 5.75 Å². The number of hydrazine groups is 1. The second-order valence-electron chi connectivity index (χ2n) is 4.20. The Hall–Kier alpha value is -2.86. The number of anilines is 1. The number of benzene rings is 2. The fourth-order valence-corrected chi connectivity index (χ4v) is 1.65. The molecule has 0 aliphatic carbocycles. The quantitative estimate of drug-likeness (QED) is 0.438. The molecule has 4 N–H and O–H groups in total. The van der Waals surface area contributed by atoms with Crippen LogP contribution in [0.5, 0.6) is 5.75 Å². The third-order valence-corrected chi connectivity index (χ3v) is 2.68. The zero-order chi connectivity index (χ0) is 15.1. The molecule has 0 aliphatic heterocycles. The van der Waals surface area contributed by atoms with Gasteiger partial charge < -0.3 is 10.1 Å². The molecule has 0 saturated carbocycles. The molecule has 2 aromatic rings. The zero-order valence-electron chi connectivity index (χ0n) is 11.2. The SMILES string of the molecule is NNC(=O)c1ccc(OCC(=O)Nc2ccccc2)cc1. The smallest absolute Gasteiger partial charge is 0.265 e. The predicted molar refractivity (Wildman–Crippen MR) is 78.7 cm³/mol. The number of carbonyl (C=O) groups is 2. The van der Waals surface area contributed by atoms with Crippen LogP contribution in [0.15, 0.2) is 54.6 Å². The van der Waals surface area contributed by atoms with Gasteiger partial charge in [0.25, 0.3) is 11.8 Å². The summed E-state index contributed by atoms with van der Waals surface area (Å²) in [5.41, 5.74) is 3.16. The molecule has 0 spiro atoms. The summed E-state index contributed by atoms with van der Waals surface area (Å²) in [6, 6.07) is 15.4. The lowest BCUT2D eigenvalue weighted by molar-refractivity contribution is -0.118. The van der Waals surface area contributed by atoms with Gasteiger partial charge in [0.05, 0.1) is 0 Å². The molecule has 0 fully saturated rings. The van der Waals surface area contributed by atoms with Crippen LogP contribution < -0.4 is 21.3 Å². The molecule has 21 heavy (non-hydrogen) atoms. The van der Waals surface area contributed by atoms with E-state index in [0.717, 1.165) is 0 Å². The van der Waals surface area contributed by atoms with E-state index in [1.54, 1.807) is 36.4 Å². The molecule has 0 radical (unpaired) electrons. The molecule has 0 atom stereocenters. The van der Waals surface area contributed by atoms with Gasteiger partial charge in [0, 0.05) is 11.3 Å². The Morgan fingerprint density at radius 2 is 1.67 bits per heavy atom. The topological polar surface area (TPSA) is 93.4 Å². The normalized spacial score (nSPS) is 9.76. The summed E-state index contributed by atoms with van der Waals surface area (Å²) in [5, 5.41) is 2.71. The molecule has 0 saturated heterocycles. The molecule has 6 nitrogen and oxygen atoms in total. The lowest BCUT2D eigenvalue weighted by Crippen LogP contribution is -2.29. The highest BCUT2D eigenvalue weighted by Gasteiger charge is 2.05. The highest BCUT2D eigenvalue weighted by molar-refractivity contribution is 5.94. The van der Waals surface area contributed by atoms with Gasteiger partial charge in [0.2, 0.25) is 0 Å². The van der Waals surface area contributed by atoms with Gasteiger partial charge in [0.1, 0.15) is 5.75 Å². The van der Waals surface area contributed by atoms with Gasteiger partial charge >= 0.3 is 0 Å². The highest BCUT2D eigenvalue weighted by atomic mass is 16.5. The Kier molecular flexibility index (Phi) is 4.89. The van der Waals surface area contributed by atoms with E-state index in [-0.39, 0.29) is 18.4 Å². The molecule has 108 valence electrons. The molecule has 2 rings (SSSR count). The number of carbonyl (C=O) groups excluding carboxylic acids is 2. The minimum Gasteiger partial charge on any atom is -0.484 e. The van der Waals surface area contributed by atoms with Crippen LogP contribution in [-0.2, 0) is 4.79 Å². The van der Waals surface area contributed by atoms with E-state index in [1.807, 2.05) is 23.6 Å². The van der Waals surface area contributed by atoms with Gasteiger partial charge in [-0.3, -0.25) is 15.0 Å². The molecular formula is C15H15N3O3. The van der Waals surface area contributed by atoms with Crippen molar-refractivity contribution in [2.24, 2.45) is 5.84 Å². The second kappa shape index (κ2) is 7.06. The number of rotatable bonds is 5. The average Bonchev–Trinajstić information content (AvgIpc) is 2.53. The van der Waals surface area contributed by atoms with Crippen LogP contribution in [0.1, 0.15) is 10.4 Å². The number of hydrogen-bond acceptors (Lipinski definition) is 4. The fraction of sp³-hybridized carbons (Fsp3) is 0.0667. The van der Waals surface area contributed by atoms with Crippen LogP contribution in [0.2, 0.25) is 0 Å². The number of nitrogen functional groups attached to an aromatic ring is 1. The maximum absolute atomic E-state index is 11.7. The number of para-hydroxylation sites is 1. The standard InChI is InChI=1S/C15H15N3O3/c16-18-15(20)11-6-8-13(9-7-11)21-10-14(19)17-12-4-2-1-3-5-12/h1-9H,10,16H2,(H,17,19)(H,18,20). The first-order chi connectivity index (χ1) is 10.2. The molecule has 2 amide bonds. The summed E-state index contributed by atoms with van der Waals surface area (Å²) in [6.45, 7) is -0.114. The van der Waals surface area contributed by atoms with Gasteiger partial charge in [-0.2, -0.15) is 0 Å². The molecule has 0 aromatic heterocycles. The number of nitrogens with two attached hydrogens (primary N) is 1. The van der Waals surface area contributed by atoms with Crippen LogP contribution in [0.4, 0.5) is 5.69 Å². The Morgan fingerprint density at radius 3 is 2.29 bits per heavy atom. The largest absolute Gasteiger partial charge is 0.484 e. The first-order valence-electron chi connectivity index (χ1n) is 6.28. The van der Waals surface area contributed by atoms with Gasteiger partial charge in [-0.05, 0) is 36.4 Å². The van der Waals surface area contributed by atoms with Crippen LogP contribution >= 0.6 is 0 Å². The van der Waals surface area contributed by atoms with Gasteiger partial charge in [-0.15, -0.1) is 0 Å². The minimum absolute atomic E-state index is 0.114. The Morgan fingerprint density at radius 1 is 1.00 bits per heavy atom. The zero-order valence-corrected chi connectivity index (χ0v) is 11.2. The monoisotopic (exact) mass is 285 g/mol. The van der Waals surface area contributed by atoms with Crippen molar-refractivity contribution >= 4 is 17.5 Å². The summed E-state index contributed by atoms with van der Waals surface area (Å²) < 4.78 is 5.33. The minimum atomic E-state index is -0.386. The van der Waals surface area contributed by atoms with Crippen molar-refractivity contribution in [2.45, 2.75) is 0 Å². The fourth-order valence-electron chi connectivity index (χ4n) is 1.65. The Balaban J connectivity index is 1.85. The van der Waals surface area contributed by atoms with E-state index < -0.39 is 0 Å². The van der Waals surface area contributed by atoms with Crippen LogP contribution in [0.3, 0.4) is 0 Å². The number of hydrogen-bond donors (Lipinski definition) is 3. The molecule has 0 bridgehead atoms. The van der Waals surface area contributed by atoms with Crippen molar-refractivity contribution in [2.75, 3.05) is 11.9 Å². The molecule has 0 aliphatic rings. The van der Waals surface area contributed by atoms with E-state index in [1.165, 1.54) is 0 Å². The maximum Gasteiger partial charge on any atom is 0.265 e. The van der Waals surface area contributed by atoms with E-state index in [2.05, 4.69) is 5.32 Å². The van der Waals surface area contributed by atoms with E-state index in [9.17, 15) is 9.59 Å². The molecule has 0 unspecified atom stereocenters. The van der Waals surface area contributed by atoms with Gasteiger partial charge in [-0.25, -0.2) is 5.84 Å². The van der Waals surface area contributed by atoms with E-state index in [0.29, 0.717) is 17.0 Å². The predicted octanol–water partition coefficient (Wildman–Crippen LogP) is 1.31. The van der Waals surface area contributed by atoms with Crippen molar-refractivity contribution in [1.29, 1.82) is 0 Å². The molecule has 6 heteroatoms. The van der Waals surface area contributed by atoms with Crippen LogP contribution in [-0.4, -0.2) is 18.4 Å². The highest BCUT2D eigenvalue weighted by Crippen LogP contribution is 2.12. The first kappa shape index (κ1) is 14.5. The average molecular weight is 285 g/mol. The number of nitrogens with one attached hydrogen (secondary N) is 2. The summed E-state index contributed by atoms with van der Waals surface area (Å²) in [7, 11) is 0. The van der Waals surface area contributed by atoms with Gasteiger partial charge in [-0.1, -0.05) is 18.2 Å². The second-order valence-corrected chi connectivity index (χ2v) is 4.20. The van der Waals surface area contributed by atoms with Crippen molar-refractivity contribution in [1.82, 2.24) is 5.43 Å². The summed E-state index contributed by atoms with van der Waals surface area (Å²) in [6.07, 6.45) is 0. The lowest BCUT2D eigenvalue weighted by Gasteiger charge is -2.08. The van der Waals surface area contributed by atoms with Crippen LogP contribution in [0, 0.1) is 0 Å². The third kappa shape index (κ3) is 4.32. The first-order valence-corrected chi connectivity index (χ1v) is 6.28. The van der Waals surface area contributed by atoms with E-state index in [4.69, 9.17) is 10.6 Å². The number of ether oxygens (including phenoxy) is 1. The van der Waals surface area contributed by atoms with Crippen molar-refractivity contribution < 1.29 is 14.3 Å². The van der Waals surface area contributed by atoms with Crippen molar-refractivity contribution in [3.63, 3.8) is 0 Å². The lowest BCUT2D eigenvalue weighted by atomic mass is 10.2. The molecule has 2 aromatic carbocycles. The molecular weight excluding hydrogens is 270 g/mol. The number of amides is 2. The summed E-state index contributed by atoms with van der Waals surface area (Å²) in [4.78, 5) is 22.9. The summed E-state index contributed by atoms with van der Waals surface area (Å²) in [5.74, 6) is 4.88. The Labute approximate surface area is 121 Å².